The Bertz CT molecular complexity index is 677. The minimum absolute atomic E-state index is 0.559. The van der Waals surface area contributed by atoms with Crippen molar-refractivity contribution in [2.24, 2.45) is 0 Å². The fraction of sp³-hybridized carbons (Fsp3) is 0.133. The summed E-state index contributed by atoms with van der Waals surface area (Å²) in [7, 11) is 0. The number of aromatic amines is 1. The molecule has 3 aromatic rings. The maximum absolute atomic E-state index is 5.76. The number of nitrogens with one attached hydrogen (secondary N) is 1. The molecule has 5 nitrogen and oxygen atoms in total. The molecule has 0 atom stereocenters. The number of aromatic nitrogens is 4. The number of benzene rings is 2. The van der Waals surface area contributed by atoms with E-state index in [1.54, 1.807) is 0 Å². The molecule has 0 aliphatic carbocycles. The van der Waals surface area contributed by atoms with Crippen molar-refractivity contribution in [3.63, 3.8) is 0 Å². The van der Waals surface area contributed by atoms with Crippen LogP contribution in [0.2, 0.25) is 0 Å². The van der Waals surface area contributed by atoms with Crippen molar-refractivity contribution in [1.29, 1.82) is 0 Å². The molecule has 2 aromatic carbocycles. The smallest absolute Gasteiger partial charge is 0.204 e. The second-order valence-corrected chi connectivity index (χ2v) is 4.54. The Morgan fingerprint density at radius 1 is 1.10 bits per heavy atom. The zero-order valence-corrected chi connectivity index (χ0v) is 11.1. The minimum Gasteiger partial charge on any atom is -0.489 e. The van der Waals surface area contributed by atoms with Crippen LogP contribution < -0.4 is 4.74 Å². The first kappa shape index (κ1) is 12.3. The lowest BCUT2D eigenvalue weighted by Crippen LogP contribution is -1.95. The third-order valence-electron chi connectivity index (χ3n) is 2.95. The molecule has 0 bridgehead atoms. The van der Waals surface area contributed by atoms with Gasteiger partial charge in [0, 0.05) is 5.56 Å². The Morgan fingerprint density at radius 2 is 1.95 bits per heavy atom. The number of aryl methyl sites for hydroxylation is 1. The van der Waals surface area contributed by atoms with Gasteiger partial charge in [0.1, 0.15) is 12.4 Å². The Morgan fingerprint density at radius 3 is 2.65 bits per heavy atom. The molecule has 0 spiro atoms. The molecule has 0 radical (unpaired) electrons. The van der Waals surface area contributed by atoms with Crippen molar-refractivity contribution in [2.75, 3.05) is 0 Å². The monoisotopic (exact) mass is 266 g/mol. The van der Waals surface area contributed by atoms with Crippen LogP contribution in [-0.4, -0.2) is 20.6 Å². The van der Waals surface area contributed by atoms with E-state index < -0.39 is 0 Å². The van der Waals surface area contributed by atoms with Crippen molar-refractivity contribution >= 4 is 0 Å². The van der Waals surface area contributed by atoms with E-state index in [2.05, 4.69) is 45.7 Å². The van der Waals surface area contributed by atoms with Crippen LogP contribution in [0.4, 0.5) is 0 Å². The lowest BCUT2D eigenvalue weighted by molar-refractivity contribution is 0.306. The van der Waals surface area contributed by atoms with E-state index in [9.17, 15) is 0 Å². The molecule has 0 unspecified atom stereocenters. The quantitative estimate of drug-likeness (QED) is 0.788. The molecular weight excluding hydrogens is 252 g/mol. The molecule has 1 aromatic heterocycles. The maximum atomic E-state index is 5.76. The van der Waals surface area contributed by atoms with E-state index in [1.165, 1.54) is 5.56 Å². The van der Waals surface area contributed by atoms with Crippen LogP contribution in [0.1, 0.15) is 11.1 Å². The van der Waals surface area contributed by atoms with Crippen LogP contribution in [0.3, 0.4) is 0 Å². The topological polar surface area (TPSA) is 63.7 Å². The molecule has 3 rings (SSSR count). The highest BCUT2D eigenvalue weighted by molar-refractivity contribution is 5.54. The van der Waals surface area contributed by atoms with Gasteiger partial charge in [0.25, 0.3) is 0 Å². The number of rotatable bonds is 4. The molecule has 100 valence electrons. The van der Waals surface area contributed by atoms with Gasteiger partial charge in [0.15, 0.2) is 0 Å². The number of tetrazole rings is 1. The normalized spacial score (nSPS) is 10.4. The molecule has 0 fully saturated rings. The molecule has 0 aliphatic heterocycles. The number of hydrogen-bond donors (Lipinski definition) is 1. The molecule has 5 heteroatoms. The van der Waals surface area contributed by atoms with E-state index in [1.807, 2.05) is 30.3 Å². The van der Waals surface area contributed by atoms with Gasteiger partial charge in [-0.1, -0.05) is 29.8 Å². The summed E-state index contributed by atoms with van der Waals surface area (Å²) in [5, 5.41) is 13.8. The van der Waals surface area contributed by atoms with Gasteiger partial charge in [-0.05, 0) is 42.0 Å². The molecule has 1 heterocycles. The Balaban J connectivity index is 1.67. The standard InChI is InChI=1S/C15H14N4O/c1-11-3-2-4-12(9-11)10-20-14-7-5-13(6-8-14)15-16-18-19-17-15/h2-9H,10H2,1H3,(H,16,17,18,19). The summed E-state index contributed by atoms with van der Waals surface area (Å²) in [5.74, 6) is 1.40. The van der Waals surface area contributed by atoms with Crippen LogP contribution in [0, 0.1) is 6.92 Å². The summed E-state index contributed by atoms with van der Waals surface area (Å²) >= 11 is 0. The van der Waals surface area contributed by atoms with Gasteiger partial charge < -0.3 is 4.74 Å². The van der Waals surface area contributed by atoms with Crippen molar-refractivity contribution in [2.45, 2.75) is 13.5 Å². The number of nitrogens with zero attached hydrogens (tertiary/aromatic N) is 3. The number of H-pyrrole nitrogens is 1. The zero-order chi connectivity index (χ0) is 13.8. The van der Waals surface area contributed by atoms with Gasteiger partial charge in [0.05, 0.1) is 0 Å². The highest BCUT2D eigenvalue weighted by Gasteiger charge is 2.03. The van der Waals surface area contributed by atoms with Crippen molar-refractivity contribution in [3.05, 3.63) is 59.7 Å². The van der Waals surface area contributed by atoms with Gasteiger partial charge in [-0.2, -0.15) is 5.21 Å². The second kappa shape index (κ2) is 5.52. The van der Waals surface area contributed by atoms with E-state index in [0.29, 0.717) is 12.4 Å². The zero-order valence-electron chi connectivity index (χ0n) is 11.1. The highest BCUT2D eigenvalue weighted by atomic mass is 16.5. The van der Waals surface area contributed by atoms with Gasteiger partial charge >= 0.3 is 0 Å². The van der Waals surface area contributed by atoms with Gasteiger partial charge in [0.2, 0.25) is 5.82 Å². The van der Waals surface area contributed by atoms with Gasteiger partial charge in [-0.3, -0.25) is 0 Å². The Labute approximate surface area is 116 Å². The second-order valence-electron chi connectivity index (χ2n) is 4.54. The first-order valence-corrected chi connectivity index (χ1v) is 6.33. The van der Waals surface area contributed by atoms with Crippen LogP contribution in [0.25, 0.3) is 11.4 Å². The van der Waals surface area contributed by atoms with Gasteiger partial charge in [-0.15, -0.1) is 10.2 Å². The molecule has 20 heavy (non-hydrogen) atoms. The van der Waals surface area contributed by atoms with E-state index in [0.717, 1.165) is 16.9 Å². The van der Waals surface area contributed by atoms with E-state index >= 15 is 0 Å². The summed E-state index contributed by atoms with van der Waals surface area (Å²) < 4.78 is 5.76. The summed E-state index contributed by atoms with van der Waals surface area (Å²) in [4.78, 5) is 0. The third-order valence-corrected chi connectivity index (χ3v) is 2.95. The molecule has 0 saturated heterocycles. The average Bonchev–Trinajstić information content (AvgIpc) is 3.00. The SMILES string of the molecule is Cc1cccc(COc2ccc(-c3nn[nH]n3)cc2)c1. The summed E-state index contributed by atoms with van der Waals surface area (Å²) in [5.41, 5.74) is 3.30. The van der Waals surface area contributed by atoms with Crippen LogP contribution >= 0.6 is 0 Å². The van der Waals surface area contributed by atoms with E-state index in [4.69, 9.17) is 4.74 Å². The lowest BCUT2D eigenvalue weighted by atomic mass is 10.1. The summed E-state index contributed by atoms with van der Waals surface area (Å²) in [6.45, 7) is 2.63. The highest BCUT2D eigenvalue weighted by Crippen LogP contribution is 2.19. The largest absolute Gasteiger partial charge is 0.489 e. The number of hydrogen-bond acceptors (Lipinski definition) is 4. The van der Waals surface area contributed by atoms with Crippen molar-refractivity contribution < 1.29 is 4.74 Å². The minimum atomic E-state index is 0.559. The molecule has 0 aliphatic rings. The molecule has 0 saturated carbocycles. The van der Waals surface area contributed by atoms with Gasteiger partial charge in [-0.25, -0.2) is 0 Å². The van der Waals surface area contributed by atoms with Crippen molar-refractivity contribution in [3.8, 4) is 17.1 Å². The van der Waals surface area contributed by atoms with E-state index in [-0.39, 0.29) is 0 Å². The summed E-state index contributed by atoms with van der Waals surface area (Å²) in [6.07, 6.45) is 0. The average molecular weight is 266 g/mol. The Kier molecular flexibility index (Phi) is 3.41. The summed E-state index contributed by atoms with van der Waals surface area (Å²) in [6, 6.07) is 15.9. The van der Waals surface area contributed by atoms with Crippen LogP contribution in [0.5, 0.6) is 5.75 Å². The fourth-order valence-electron chi connectivity index (χ4n) is 1.95. The lowest BCUT2D eigenvalue weighted by Gasteiger charge is -2.07. The Hall–Kier alpha value is -2.69. The van der Waals surface area contributed by atoms with Crippen molar-refractivity contribution in [1.82, 2.24) is 20.6 Å². The molecular formula is C15H14N4O. The van der Waals surface area contributed by atoms with Crippen LogP contribution in [0.15, 0.2) is 48.5 Å². The first-order valence-electron chi connectivity index (χ1n) is 6.33. The fourth-order valence-corrected chi connectivity index (χ4v) is 1.95. The number of ether oxygens (including phenoxy) is 1. The maximum Gasteiger partial charge on any atom is 0.204 e. The third kappa shape index (κ3) is 2.83. The molecule has 0 amide bonds. The molecule has 1 N–H and O–H groups in total. The predicted molar refractivity (Wildman–Crippen MR) is 75.1 cm³/mol. The van der Waals surface area contributed by atoms with Crippen LogP contribution in [-0.2, 0) is 6.61 Å². The predicted octanol–water partition coefficient (Wildman–Crippen LogP) is 2.75. The first-order chi connectivity index (χ1) is 9.81.